The molecule has 1 aliphatic rings. The molecule has 33 heavy (non-hydrogen) atoms. The number of ether oxygens (including phenoxy) is 1. The van der Waals surface area contributed by atoms with Crippen LogP contribution in [0.1, 0.15) is 28.0 Å². The molecule has 2 heterocycles. The molecule has 3 aromatic rings. The van der Waals surface area contributed by atoms with Crippen molar-refractivity contribution in [3.63, 3.8) is 0 Å². The molecular formula is C22H20F3N5O3. The summed E-state index contributed by atoms with van der Waals surface area (Å²) in [5.74, 6) is -3.92. The van der Waals surface area contributed by atoms with Crippen LogP contribution in [0.3, 0.4) is 0 Å². The van der Waals surface area contributed by atoms with E-state index >= 15 is 0 Å². The predicted molar refractivity (Wildman–Crippen MR) is 113 cm³/mol. The molecule has 1 aromatic carbocycles. The molecule has 0 fully saturated rings. The number of hydrogen-bond donors (Lipinski definition) is 2. The summed E-state index contributed by atoms with van der Waals surface area (Å²) in [6.07, 6.45) is -0.604. The summed E-state index contributed by atoms with van der Waals surface area (Å²) < 4.78 is 43.4. The number of benzene rings is 1. The first kappa shape index (κ1) is 22.3. The van der Waals surface area contributed by atoms with Crippen LogP contribution < -0.4 is 11.1 Å². The van der Waals surface area contributed by atoms with E-state index < -0.39 is 18.1 Å². The minimum Gasteiger partial charge on any atom is -0.399 e. The third-order valence-electron chi connectivity index (χ3n) is 5.25. The Morgan fingerprint density at radius 2 is 1.91 bits per heavy atom. The highest BCUT2D eigenvalue weighted by atomic mass is 19.4. The predicted octanol–water partition coefficient (Wildman–Crippen LogP) is 3.37. The van der Waals surface area contributed by atoms with E-state index in [2.05, 4.69) is 20.1 Å². The molecule has 4 rings (SSSR count). The Balaban J connectivity index is 1.57. The van der Waals surface area contributed by atoms with E-state index in [1.165, 1.54) is 4.68 Å². The van der Waals surface area contributed by atoms with Crippen molar-refractivity contribution in [1.82, 2.24) is 14.8 Å². The molecule has 8 nitrogen and oxygen atoms in total. The Kier molecular flexibility index (Phi) is 6.03. The summed E-state index contributed by atoms with van der Waals surface area (Å²) in [5, 5.41) is 7.69. The smallest absolute Gasteiger partial charge is 0.399 e. The Hall–Kier alpha value is -3.89. The zero-order valence-corrected chi connectivity index (χ0v) is 17.4. The number of carbonyl (C=O) groups excluding carboxylic acids is 2. The Bertz CT molecular complexity index is 1190. The van der Waals surface area contributed by atoms with E-state index in [0.29, 0.717) is 42.8 Å². The fraction of sp³-hybridized carbons (Fsp3) is 0.273. The molecule has 11 heteroatoms. The van der Waals surface area contributed by atoms with Gasteiger partial charge in [-0.1, -0.05) is 0 Å². The van der Waals surface area contributed by atoms with E-state index in [-0.39, 0.29) is 12.2 Å². The van der Waals surface area contributed by atoms with Crippen LogP contribution in [0.25, 0.3) is 11.3 Å². The number of halogens is 3. The molecule has 0 saturated heterocycles. The van der Waals surface area contributed by atoms with Gasteiger partial charge in [0, 0.05) is 48.0 Å². The SMILES string of the molecule is Nc1ccc(NCCCn2nc3c(c2C(=O)OC(=O)C(F)(F)F)CCc2cnccc2-3)cc1. The van der Waals surface area contributed by atoms with Gasteiger partial charge in [0.15, 0.2) is 5.69 Å². The number of aromatic nitrogens is 3. The number of alkyl halides is 3. The third-order valence-corrected chi connectivity index (χ3v) is 5.25. The van der Waals surface area contributed by atoms with Gasteiger partial charge in [-0.2, -0.15) is 18.3 Å². The second-order valence-electron chi connectivity index (χ2n) is 7.51. The zero-order valence-electron chi connectivity index (χ0n) is 17.4. The molecule has 0 spiro atoms. The number of rotatable bonds is 6. The van der Waals surface area contributed by atoms with E-state index in [0.717, 1.165) is 16.8 Å². The molecule has 0 bridgehead atoms. The number of hydrogen-bond acceptors (Lipinski definition) is 7. The van der Waals surface area contributed by atoms with Crippen molar-refractivity contribution in [3.8, 4) is 11.3 Å². The lowest BCUT2D eigenvalue weighted by Gasteiger charge is -2.15. The number of nitrogen functional groups attached to an aromatic ring is 1. The summed E-state index contributed by atoms with van der Waals surface area (Å²) in [7, 11) is 0. The van der Waals surface area contributed by atoms with Crippen LogP contribution in [0, 0.1) is 0 Å². The van der Waals surface area contributed by atoms with Crippen molar-refractivity contribution >= 4 is 23.3 Å². The van der Waals surface area contributed by atoms with Gasteiger partial charge in [-0.15, -0.1) is 0 Å². The summed E-state index contributed by atoms with van der Waals surface area (Å²) in [4.78, 5) is 28.0. The minimum absolute atomic E-state index is 0.141. The van der Waals surface area contributed by atoms with Gasteiger partial charge in [-0.05, 0) is 55.2 Å². The molecule has 0 radical (unpaired) electrons. The van der Waals surface area contributed by atoms with Crippen LogP contribution in [0.5, 0.6) is 0 Å². The van der Waals surface area contributed by atoms with Crippen LogP contribution in [0.15, 0.2) is 42.7 Å². The number of aryl methyl sites for hydroxylation is 2. The third kappa shape index (κ3) is 4.81. The topological polar surface area (TPSA) is 112 Å². The minimum atomic E-state index is -5.28. The Morgan fingerprint density at radius 3 is 2.64 bits per heavy atom. The molecule has 3 N–H and O–H groups in total. The summed E-state index contributed by atoms with van der Waals surface area (Å²) in [5.41, 5.74) is 9.62. The first-order chi connectivity index (χ1) is 15.7. The fourth-order valence-corrected chi connectivity index (χ4v) is 3.71. The summed E-state index contributed by atoms with van der Waals surface area (Å²) in [6.45, 7) is 0.727. The first-order valence-corrected chi connectivity index (χ1v) is 10.2. The highest BCUT2D eigenvalue weighted by molar-refractivity contribution is 5.99. The van der Waals surface area contributed by atoms with Crippen molar-refractivity contribution in [2.75, 3.05) is 17.6 Å². The number of fused-ring (bicyclic) bond motifs is 3. The molecule has 0 aliphatic heterocycles. The number of nitrogens with two attached hydrogens (primary N) is 1. The lowest BCUT2D eigenvalue weighted by molar-refractivity contribution is -0.193. The number of anilines is 2. The van der Waals surface area contributed by atoms with Crippen LogP contribution in [-0.4, -0.2) is 39.4 Å². The molecule has 0 amide bonds. The molecular weight excluding hydrogens is 439 g/mol. The van der Waals surface area contributed by atoms with Crippen LogP contribution in [0.2, 0.25) is 0 Å². The lowest BCUT2D eigenvalue weighted by atomic mass is 9.90. The van der Waals surface area contributed by atoms with E-state index in [4.69, 9.17) is 5.73 Å². The quantitative estimate of drug-likeness (QED) is 0.252. The van der Waals surface area contributed by atoms with Crippen LogP contribution in [0.4, 0.5) is 24.5 Å². The number of nitrogens with one attached hydrogen (secondary N) is 1. The number of nitrogens with zero attached hydrogens (tertiary/aromatic N) is 3. The van der Waals surface area contributed by atoms with Gasteiger partial charge in [-0.3, -0.25) is 9.67 Å². The lowest BCUT2D eigenvalue weighted by Crippen LogP contribution is -2.29. The van der Waals surface area contributed by atoms with Gasteiger partial charge in [0.2, 0.25) is 0 Å². The molecule has 172 valence electrons. The Labute approximate surface area is 186 Å². The molecule has 0 atom stereocenters. The van der Waals surface area contributed by atoms with Gasteiger partial charge in [0.25, 0.3) is 0 Å². The first-order valence-electron chi connectivity index (χ1n) is 10.2. The number of carbonyl (C=O) groups is 2. The summed E-state index contributed by atoms with van der Waals surface area (Å²) in [6, 6.07) is 8.88. The fourth-order valence-electron chi connectivity index (χ4n) is 3.71. The molecule has 0 saturated carbocycles. The maximum absolute atomic E-state index is 12.7. The van der Waals surface area contributed by atoms with E-state index in [1.807, 2.05) is 12.1 Å². The molecule has 1 aliphatic carbocycles. The normalized spacial score (nSPS) is 12.6. The monoisotopic (exact) mass is 459 g/mol. The van der Waals surface area contributed by atoms with Crippen LogP contribution in [-0.2, 0) is 28.9 Å². The van der Waals surface area contributed by atoms with Gasteiger partial charge in [0.1, 0.15) is 0 Å². The standard InChI is InChI=1S/C22H20F3N5O3/c23-22(24,25)21(32)33-20(31)19-17-7-2-13-12-27-10-8-16(13)18(17)29-30(19)11-1-9-28-15-5-3-14(26)4-6-15/h3-6,8,10,12,28H,1-2,7,9,11,26H2. The van der Waals surface area contributed by atoms with Gasteiger partial charge in [0.05, 0.1) is 5.69 Å². The van der Waals surface area contributed by atoms with Gasteiger partial charge < -0.3 is 15.8 Å². The van der Waals surface area contributed by atoms with Crippen molar-refractivity contribution in [3.05, 3.63) is 59.5 Å². The van der Waals surface area contributed by atoms with Crippen molar-refractivity contribution in [1.29, 1.82) is 0 Å². The highest BCUT2D eigenvalue weighted by Gasteiger charge is 2.43. The second kappa shape index (κ2) is 8.93. The number of esters is 2. The average Bonchev–Trinajstić information content (AvgIpc) is 3.16. The van der Waals surface area contributed by atoms with Crippen molar-refractivity contribution in [2.24, 2.45) is 0 Å². The van der Waals surface area contributed by atoms with Crippen molar-refractivity contribution in [2.45, 2.75) is 32.0 Å². The average molecular weight is 459 g/mol. The van der Waals surface area contributed by atoms with Gasteiger partial charge in [-0.25, -0.2) is 9.59 Å². The summed E-state index contributed by atoms with van der Waals surface area (Å²) >= 11 is 0. The second-order valence-corrected chi connectivity index (χ2v) is 7.51. The largest absolute Gasteiger partial charge is 0.491 e. The maximum atomic E-state index is 12.7. The van der Waals surface area contributed by atoms with E-state index in [1.54, 1.807) is 30.6 Å². The molecule has 2 aromatic heterocycles. The maximum Gasteiger partial charge on any atom is 0.491 e. The van der Waals surface area contributed by atoms with E-state index in [9.17, 15) is 22.8 Å². The van der Waals surface area contributed by atoms with Crippen LogP contribution >= 0.6 is 0 Å². The highest BCUT2D eigenvalue weighted by Crippen LogP contribution is 2.34. The van der Waals surface area contributed by atoms with Gasteiger partial charge >= 0.3 is 18.1 Å². The molecule has 0 unspecified atom stereocenters. The zero-order chi connectivity index (χ0) is 23.6. The Morgan fingerprint density at radius 1 is 1.15 bits per heavy atom. The van der Waals surface area contributed by atoms with Crippen molar-refractivity contribution < 1.29 is 27.5 Å². The number of pyridine rings is 1.